The Morgan fingerprint density at radius 1 is 0.969 bits per heavy atom. The molecule has 0 radical (unpaired) electrons. The molecule has 3 rings (SSSR count). The van der Waals surface area contributed by atoms with Gasteiger partial charge in [-0.25, -0.2) is 4.79 Å². The predicted octanol–water partition coefficient (Wildman–Crippen LogP) is 5.77. The summed E-state index contributed by atoms with van der Waals surface area (Å²) < 4.78 is 10.7. The molecule has 8 heteroatoms. The van der Waals surface area contributed by atoms with Gasteiger partial charge in [0.2, 0.25) is 0 Å². The molecule has 0 fully saturated rings. The Balaban J connectivity index is 1.84. The molecule has 0 saturated heterocycles. The summed E-state index contributed by atoms with van der Waals surface area (Å²) in [5.74, 6) is -0.727. The molecule has 3 aromatic carbocycles. The molecular formula is C24H16Cl2N2O4. The van der Waals surface area contributed by atoms with Crippen LogP contribution in [0.1, 0.15) is 15.9 Å². The Morgan fingerprint density at radius 2 is 1.72 bits per heavy atom. The van der Waals surface area contributed by atoms with E-state index in [-0.39, 0.29) is 16.3 Å². The molecule has 0 aliphatic carbocycles. The predicted molar refractivity (Wildman–Crippen MR) is 123 cm³/mol. The minimum Gasteiger partial charge on any atom is -0.493 e. The van der Waals surface area contributed by atoms with E-state index in [1.807, 2.05) is 6.07 Å². The quantitative estimate of drug-likeness (QED) is 0.215. The lowest BCUT2D eigenvalue weighted by atomic mass is 10.1. The highest BCUT2D eigenvalue weighted by atomic mass is 35.5. The van der Waals surface area contributed by atoms with Gasteiger partial charge in [-0.05, 0) is 54.1 Å². The molecule has 6 nitrogen and oxygen atoms in total. The molecule has 0 bridgehead atoms. The number of hydrogen-bond donors (Lipinski definition) is 1. The molecule has 32 heavy (non-hydrogen) atoms. The van der Waals surface area contributed by atoms with Crippen LogP contribution in [0.25, 0.3) is 6.08 Å². The first-order chi connectivity index (χ1) is 15.4. The molecule has 0 aliphatic rings. The number of esters is 1. The van der Waals surface area contributed by atoms with Crippen molar-refractivity contribution in [1.29, 1.82) is 5.26 Å². The molecular weight excluding hydrogens is 451 g/mol. The molecule has 3 aromatic rings. The second-order valence-corrected chi connectivity index (χ2v) is 7.23. The fourth-order valence-corrected chi connectivity index (χ4v) is 2.98. The Bertz CT molecular complexity index is 1230. The van der Waals surface area contributed by atoms with Crippen molar-refractivity contribution in [3.05, 3.63) is 93.5 Å². The van der Waals surface area contributed by atoms with Crippen LogP contribution in [-0.4, -0.2) is 19.0 Å². The van der Waals surface area contributed by atoms with E-state index in [2.05, 4.69) is 5.32 Å². The lowest BCUT2D eigenvalue weighted by Gasteiger charge is -2.10. The summed E-state index contributed by atoms with van der Waals surface area (Å²) in [5.41, 5.74) is 1.05. The molecule has 1 amide bonds. The summed E-state index contributed by atoms with van der Waals surface area (Å²) in [7, 11) is 1.44. The number of hydrogen-bond acceptors (Lipinski definition) is 5. The Kier molecular flexibility index (Phi) is 7.50. The first-order valence-corrected chi connectivity index (χ1v) is 10.0. The lowest BCUT2D eigenvalue weighted by Crippen LogP contribution is -2.13. The molecule has 1 N–H and O–H groups in total. The maximum atomic E-state index is 12.5. The van der Waals surface area contributed by atoms with Crippen molar-refractivity contribution in [3.63, 3.8) is 0 Å². The zero-order chi connectivity index (χ0) is 23.1. The lowest BCUT2D eigenvalue weighted by molar-refractivity contribution is -0.112. The van der Waals surface area contributed by atoms with E-state index >= 15 is 0 Å². The van der Waals surface area contributed by atoms with Crippen LogP contribution in [0.4, 0.5) is 5.69 Å². The zero-order valence-corrected chi connectivity index (χ0v) is 18.3. The highest BCUT2D eigenvalue weighted by Crippen LogP contribution is 2.30. The Hall–Kier alpha value is -3.79. The highest BCUT2D eigenvalue weighted by molar-refractivity contribution is 6.42. The van der Waals surface area contributed by atoms with Crippen LogP contribution >= 0.6 is 23.2 Å². The number of nitriles is 1. The van der Waals surface area contributed by atoms with E-state index in [1.165, 1.54) is 31.4 Å². The number of anilines is 1. The van der Waals surface area contributed by atoms with Crippen LogP contribution in [-0.2, 0) is 4.79 Å². The fraction of sp³-hybridized carbons (Fsp3) is 0.0417. The van der Waals surface area contributed by atoms with Gasteiger partial charge in [-0.2, -0.15) is 5.26 Å². The number of carbonyl (C=O) groups excluding carboxylic acids is 2. The number of halogens is 2. The van der Waals surface area contributed by atoms with Gasteiger partial charge in [0.1, 0.15) is 11.6 Å². The van der Waals surface area contributed by atoms with Crippen molar-refractivity contribution in [2.75, 3.05) is 12.4 Å². The van der Waals surface area contributed by atoms with Gasteiger partial charge in [0, 0.05) is 5.69 Å². The number of nitrogens with one attached hydrogen (secondary N) is 1. The summed E-state index contributed by atoms with van der Waals surface area (Å²) in [6.07, 6.45) is 1.37. The van der Waals surface area contributed by atoms with Crippen LogP contribution in [0.15, 0.2) is 72.3 Å². The smallest absolute Gasteiger partial charge is 0.343 e. The van der Waals surface area contributed by atoms with Crippen LogP contribution in [0.2, 0.25) is 10.0 Å². The molecule has 0 spiro atoms. The Labute approximate surface area is 194 Å². The number of ether oxygens (including phenoxy) is 2. The molecule has 0 aromatic heterocycles. The van der Waals surface area contributed by atoms with E-state index in [0.29, 0.717) is 27.6 Å². The van der Waals surface area contributed by atoms with Crippen molar-refractivity contribution in [2.45, 2.75) is 0 Å². The van der Waals surface area contributed by atoms with E-state index in [4.69, 9.17) is 32.7 Å². The number of methoxy groups -OCH3 is 1. The summed E-state index contributed by atoms with van der Waals surface area (Å²) in [5, 5.41) is 12.7. The number of rotatable bonds is 6. The van der Waals surface area contributed by atoms with Gasteiger partial charge in [-0.1, -0.05) is 47.5 Å². The van der Waals surface area contributed by atoms with E-state index in [9.17, 15) is 14.9 Å². The number of benzene rings is 3. The van der Waals surface area contributed by atoms with Crippen molar-refractivity contribution in [1.82, 2.24) is 0 Å². The fourth-order valence-electron chi connectivity index (χ4n) is 2.68. The maximum absolute atomic E-state index is 12.5. The topological polar surface area (TPSA) is 88.4 Å². The normalized spacial score (nSPS) is 10.8. The summed E-state index contributed by atoms with van der Waals surface area (Å²) in [4.78, 5) is 24.9. The Morgan fingerprint density at radius 3 is 2.38 bits per heavy atom. The molecule has 0 saturated carbocycles. The van der Waals surface area contributed by atoms with Crippen LogP contribution < -0.4 is 14.8 Å². The summed E-state index contributed by atoms with van der Waals surface area (Å²) in [6, 6.07) is 19.6. The first kappa shape index (κ1) is 22.9. The minimum absolute atomic E-state index is 0.150. The van der Waals surface area contributed by atoms with E-state index < -0.39 is 11.9 Å². The SMILES string of the molecule is COc1ccc(/C=C(\C#N)C(=O)Nc2ccc(Cl)c(Cl)c2)cc1OC(=O)c1ccccc1. The number of carbonyl (C=O) groups is 2. The molecule has 0 aliphatic heterocycles. The van der Waals surface area contributed by atoms with Gasteiger partial charge in [0.05, 0.1) is 22.7 Å². The van der Waals surface area contributed by atoms with Crippen molar-refractivity contribution >= 4 is 46.8 Å². The van der Waals surface area contributed by atoms with Gasteiger partial charge < -0.3 is 14.8 Å². The number of nitrogens with zero attached hydrogens (tertiary/aromatic N) is 1. The van der Waals surface area contributed by atoms with Crippen LogP contribution in [0.5, 0.6) is 11.5 Å². The molecule has 160 valence electrons. The van der Waals surface area contributed by atoms with Gasteiger partial charge >= 0.3 is 5.97 Å². The molecule has 0 unspecified atom stereocenters. The average molecular weight is 467 g/mol. The van der Waals surface area contributed by atoms with Crippen molar-refractivity contribution in [3.8, 4) is 17.6 Å². The maximum Gasteiger partial charge on any atom is 0.343 e. The third-order valence-electron chi connectivity index (χ3n) is 4.25. The van der Waals surface area contributed by atoms with Crippen molar-refractivity contribution < 1.29 is 19.1 Å². The summed E-state index contributed by atoms with van der Waals surface area (Å²) in [6.45, 7) is 0. The third kappa shape index (κ3) is 5.67. The van der Waals surface area contributed by atoms with Crippen LogP contribution in [0, 0.1) is 11.3 Å². The highest BCUT2D eigenvalue weighted by Gasteiger charge is 2.15. The van der Waals surface area contributed by atoms with Crippen LogP contribution in [0.3, 0.4) is 0 Å². The summed E-state index contributed by atoms with van der Waals surface area (Å²) >= 11 is 11.8. The molecule has 0 heterocycles. The minimum atomic E-state index is -0.635. The second kappa shape index (κ2) is 10.5. The first-order valence-electron chi connectivity index (χ1n) is 9.24. The van der Waals surface area contributed by atoms with E-state index in [1.54, 1.807) is 48.5 Å². The standard InChI is InChI=1S/C24H16Cl2N2O4/c1-31-21-10-7-15(12-22(21)32-24(30)16-5-3-2-4-6-16)11-17(14-27)23(29)28-18-8-9-19(25)20(26)13-18/h2-13H,1H3,(H,28,29)/b17-11+. The number of amides is 1. The van der Waals surface area contributed by atoms with Gasteiger partial charge in [-0.15, -0.1) is 0 Å². The van der Waals surface area contributed by atoms with E-state index in [0.717, 1.165) is 0 Å². The monoisotopic (exact) mass is 466 g/mol. The average Bonchev–Trinajstić information content (AvgIpc) is 2.80. The second-order valence-electron chi connectivity index (χ2n) is 6.42. The van der Waals surface area contributed by atoms with Crippen molar-refractivity contribution in [2.24, 2.45) is 0 Å². The third-order valence-corrected chi connectivity index (χ3v) is 4.99. The van der Waals surface area contributed by atoms with Gasteiger partial charge in [0.15, 0.2) is 11.5 Å². The van der Waals surface area contributed by atoms with Gasteiger partial charge in [-0.3, -0.25) is 4.79 Å². The largest absolute Gasteiger partial charge is 0.493 e. The molecule has 0 atom stereocenters. The van der Waals surface area contributed by atoms with Gasteiger partial charge in [0.25, 0.3) is 5.91 Å². The zero-order valence-electron chi connectivity index (χ0n) is 16.8.